The molecule has 6 aromatic carbocycles. The van der Waals surface area contributed by atoms with Gasteiger partial charge in [0.05, 0.1) is 0 Å². The summed E-state index contributed by atoms with van der Waals surface area (Å²) in [6, 6.07) is 53.9. The van der Waals surface area contributed by atoms with Gasteiger partial charge in [0, 0.05) is 17.1 Å². The van der Waals surface area contributed by atoms with E-state index >= 15 is 0 Å². The number of fused-ring (bicyclic) bond motifs is 1. The number of para-hydroxylation sites is 1. The third-order valence-corrected chi connectivity index (χ3v) is 6.45. The molecule has 0 fully saturated rings. The second-order valence-electron chi connectivity index (χ2n) is 8.66. The molecule has 0 aromatic heterocycles. The summed E-state index contributed by atoms with van der Waals surface area (Å²) < 4.78 is 0. The van der Waals surface area contributed by atoms with Crippen molar-refractivity contribution >= 4 is 27.8 Å². The lowest BCUT2D eigenvalue weighted by Gasteiger charge is -2.26. The van der Waals surface area contributed by atoms with E-state index in [0.29, 0.717) is 0 Å². The first-order valence-electron chi connectivity index (χ1n) is 12.0. The molecule has 1 heteroatoms. The average molecular weight is 448 g/mol. The van der Waals surface area contributed by atoms with Gasteiger partial charge in [-0.05, 0) is 69.4 Å². The van der Waals surface area contributed by atoms with Crippen LogP contribution in [0.5, 0.6) is 0 Å². The van der Waals surface area contributed by atoms with E-state index in [9.17, 15) is 0 Å². The molecule has 0 radical (unpaired) electrons. The van der Waals surface area contributed by atoms with E-state index in [2.05, 4.69) is 157 Å². The van der Waals surface area contributed by atoms with E-state index in [1.807, 2.05) is 0 Å². The summed E-state index contributed by atoms with van der Waals surface area (Å²) in [6.45, 7) is 0. The summed E-state index contributed by atoms with van der Waals surface area (Å²) >= 11 is 0. The summed E-state index contributed by atoms with van der Waals surface area (Å²) in [6.07, 6.45) is 0. The maximum Gasteiger partial charge on any atom is 0.0467 e. The summed E-state index contributed by atoms with van der Waals surface area (Å²) in [5, 5.41) is 2.53. The van der Waals surface area contributed by atoms with Gasteiger partial charge in [-0.1, -0.05) is 115 Å². The Hall–Kier alpha value is -4.62. The average Bonchev–Trinajstić information content (AvgIpc) is 2.94. The van der Waals surface area contributed by atoms with Crippen LogP contribution in [-0.2, 0) is 0 Å². The van der Waals surface area contributed by atoms with Crippen LogP contribution in [0.2, 0.25) is 0 Å². The molecule has 0 aliphatic carbocycles. The Kier molecular flexibility index (Phi) is 5.58. The van der Waals surface area contributed by atoms with Gasteiger partial charge in [-0.25, -0.2) is 0 Å². The van der Waals surface area contributed by atoms with E-state index in [1.54, 1.807) is 0 Å². The Morgan fingerprint density at radius 2 is 0.886 bits per heavy atom. The van der Waals surface area contributed by atoms with E-state index in [-0.39, 0.29) is 0 Å². The minimum atomic E-state index is 1.13. The summed E-state index contributed by atoms with van der Waals surface area (Å²) in [5.74, 6) is 0. The highest BCUT2D eigenvalue weighted by Crippen LogP contribution is 2.38. The van der Waals surface area contributed by atoms with Gasteiger partial charge >= 0.3 is 0 Å². The minimum absolute atomic E-state index is 1.13. The third kappa shape index (κ3) is 4.20. The first-order valence-corrected chi connectivity index (χ1v) is 12.0. The first kappa shape index (κ1) is 20.9. The molecule has 0 heterocycles. The summed E-state index contributed by atoms with van der Waals surface area (Å²) in [4.78, 5) is 2.32. The highest BCUT2D eigenvalue weighted by molar-refractivity contribution is 5.97. The minimum Gasteiger partial charge on any atom is -0.310 e. The molecule has 6 rings (SSSR count). The standard InChI is InChI=1S/C34H25N/c1-3-11-26(12-4-1)27-21-23-31(24-22-27)35(30-16-5-2-6-17-30)32-18-9-15-29(25-32)34-20-10-14-28-13-7-8-19-33(28)34/h1-25H. The van der Waals surface area contributed by atoms with Crippen molar-refractivity contribution in [2.24, 2.45) is 0 Å². The van der Waals surface area contributed by atoms with E-state index in [4.69, 9.17) is 0 Å². The van der Waals surface area contributed by atoms with Gasteiger partial charge in [-0.15, -0.1) is 0 Å². The van der Waals surface area contributed by atoms with Crippen LogP contribution in [0, 0.1) is 0 Å². The fraction of sp³-hybridized carbons (Fsp3) is 0. The highest BCUT2D eigenvalue weighted by atomic mass is 15.1. The Balaban J connectivity index is 1.46. The van der Waals surface area contributed by atoms with Crippen molar-refractivity contribution in [2.75, 3.05) is 4.90 Å². The molecular formula is C34H25N. The highest BCUT2D eigenvalue weighted by Gasteiger charge is 2.14. The van der Waals surface area contributed by atoms with Crippen molar-refractivity contribution in [3.05, 3.63) is 152 Å². The Bertz CT molecular complexity index is 1560. The molecule has 0 N–H and O–H groups in total. The molecule has 166 valence electrons. The smallest absolute Gasteiger partial charge is 0.0467 e. The van der Waals surface area contributed by atoms with E-state index < -0.39 is 0 Å². The first-order chi connectivity index (χ1) is 17.4. The van der Waals surface area contributed by atoms with Crippen molar-refractivity contribution < 1.29 is 0 Å². The molecule has 1 nitrogen and oxygen atoms in total. The fourth-order valence-corrected chi connectivity index (χ4v) is 4.75. The van der Waals surface area contributed by atoms with Crippen molar-refractivity contribution in [3.8, 4) is 22.3 Å². The zero-order valence-corrected chi connectivity index (χ0v) is 19.4. The number of nitrogens with zero attached hydrogens (tertiary/aromatic N) is 1. The predicted molar refractivity (Wildman–Crippen MR) is 150 cm³/mol. The van der Waals surface area contributed by atoms with Gasteiger partial charge in [-0.2, -0.15) is 0 Å². The van der Waals surface area contributed by atoms with Crippen LogP contribution in [0.4, 0.5) is 17.1 Å². The maximum atomic E-state index is 2.32. The van der Waals surface area contributed by atoms with Gasteiger partial charge in [-0.3, -0.25) is 0 Å². The third-order valence-electron chi connectivity index (χ3n) is 6.45. The molecular weight excluding hydrogens is 422 g/mol. The van der Waals surface area contributed by atoms with Crippen LogP contribution >= 0.6 is 0 Å². The Morgan fingerprint density at radius 3 is 1.69 bits per heavy atom. The van der Waals surface area contributed by atoms with Crippen molar-refractivity contribution in [1.82, 2.24) is 0 Å². The lowest BCUT2D eigenvalue weighted by molar-refractivity contribution is 1.28. The van der Waals surface area contributed by atoms with Gasteiger partial charge in [0.1, 0.15) is 0 Å². The summed E-state index contributed by atoms with van der Waals surface area (Å²) in [7, 11) is 0. The number of hydrogen-bond donors (Lipinski definition) is 0. The quantitative estimate of drug-likeness (QED) is 0.254. The largest absolute Gasteiger partial charge is 0.310 e. The molecule has 0 aliphatic heterocycles. The van der Waals surface area contributed by atoms with Gasteiger partial charge < -0.3 is 4.90 Å². The number of benzene rings is 6. The molecule has 0 atom stereocenters. The lowest BCUT2D eigenvalue weighted by atomic mass is 9.97. The zero-order chi connectivity index (χ0) is 23.5. The monoisotopic (exact) mass is 447 g/mol. The normalized spacial score (nSPS) is 10.9. The van der Waals surface area contributed by atoms with Crippen molar-refractivity contribution in [2.45, 2.75) is 0 Å². The van der Waals surface area contributed by atoms with Gasteiger partial charge in [0.15, 0.2) is 0 Å². The zero-order valence-electron chi connectivity index (χ0n) is 19.4. The Labute approximate surface area is 206 Å². The second-order valence-corrected chi connectivity index (χ2v) is 8.66. The van der Waals surface area contributed by atoms with Crippen LogP contribution < -0.4 is 4.90 Å². The molecule has 6 aromatic rings. The van der Waals surface area contributed by atoms with Crippen LogP contribution in [-0.4, -0.2) is 0 Å². The predicted octanol–water partition coefficient (Wildman–Crippen LogP) is 9.64. The van der Waals surface area contributed by atoms with Gasteiger partial charge in [0.25, 0.3) is 0 Å². The van der Waals surface area contributed by atoms with E-state index in [0.717, 1.165) is 17.1 Å². The molecule has 0 spiro atoms. The van der Waals surface area contributed by atoms with Crippen LogP contribution in [0.15, 0.2) is 152 Å². The number of anilines is 3. The summed E-state index contributed by atoms with van der Waals surface area (Å²) in [5.41, 5.74) is 8.30. The number of hydrogen-bond acceptors (Lipinski definition) is 1. The van der Waals surface area contributed by atoms with Crippen molar-refractivity contribution in [3.63, 3.8) is 0 Å². The van der Waals surface area contributed by atoms with Crippen LogP contribution in [0.3, 0.4) is 0 Å². The molecule has 0 saturated carbocycles. The van der Waals surface area contributed by atoms with E-state index in [1.165, 1.54) is 33.0 Å². The van der Waals surface area contributed by atoms with Crippen LogP contribution in [0.25, 0.3) is 33.0 Å². The van der Waals surface area contributed by atoms with Gasteiger partial charge in [0.2, 0.25) is 0 Å². The molecule has 0 unspecified atom stereocenters. The van der Waals surface area contributed by atoms with Crippen LogP contribution in [0.1, 0.15) is 0 Å². The fourth-order valence-electron chi connectivity index (χ4n) is 4.75. The molecule has 0 aliphatic rings. The SMILES string of the molecule is c1ccc(-c2ccc(N(c3ccccc3)c3cccc(-c4cccc5ccccc45)c3)cc2)cc1. The maximum absolute atomic E-state index is 2.32. The Morgan fingerprint density at radius 1 is 0.343 bits per heavy atom. The second kappa shape index (κ2) is 9.32. The lowest BCUT2D eigenvalue weighted by Crippen LogP contribution is -2.09. The molecule has 0 saturated heterocycles. The topological polar surface area (TPSA) is 3.24 Å². The number of rotatable bonds is 5. The van der Waals surface area contributed by atoms with Crippen molar-refractivity contribution in [1.29, 1.82) is 0 Å². The molecule has 0 bridgehead atoms. The molecule has 35 heavy (non-hydrogen) atoms. The molecule has 0 amide bonds.